The van der Waals surface area contributed by atoms with Gasteiger partial charge in [0.2, 0.25) is 21.8 Å². The van der Waals surface area contributed by atoms with Crippen molar-refractivity contribution < 1.29 is 27.5 Å². The maximum absolute atomic E-state index is 13.2. The van der Waals surface area contributed by atoms with Crippen LogP contribution in [0.4, 0.5) is 5.69 Å². The first-order chi connectivity index (χ1) is 16.6. The second kappa shape index (κ2) is 13.0. The Balaban J connectivity index is 2.16. The van der Waals surface area contributed by atoms with E-state index >= 15 is 0 Å². The molecule has 0 fully saturated rings. The van der Waals surface area contributed by atoms with E-state index in [1.807, 2.05) is 19.1 Å². The Morgan fingerprint density at radius 2 is 1.69 bits per heavy atom. The minimum atomic E-state index is -3.58. The van der Waals surface area contributed by atoms with Crippen LogP contribution in [0.25, 0.3) is 0 Å². The lowest BCUT2D eigenvalue weighted by molar-refractivity contribution is -0.140. The fourth-order valence-electron chi connectivity index (χ4n) is 3.60. The molecule has 2 aromatic rings. The Labute approximate surface area is 208 Å². The number of carbonyl (C=O) groups excluding carboxylic acids is 2. The SMILES string of the molecule is CCNC(=O)[C@@H](C)N(Cc1ccc(OC)cc1)C(=O)CCCN(c1cccc(OC)c1)S(C)(=O)=O. The summed E-state index contributed by atoms with van der Waals surface area (Å²) in [7, 11) is -0.490. The molecule has 0 aromatic heterocycles. The number of likely N-dealkylation sites (N-methyl/N-ethyl adjacent to an activating group) is 1. The van der Waals surface area contributed by atoms with Crippen molar-refractivity contribution in [1.29, 1.82) is 0 Å². The van der Waals surface area contributed by atoms with Crippen LogP contribution >= 0.6 is 0 Å². The molecule has 0 heterocycles. The highest BCUT2D eigenvalue weighted by atomic mass is 32.2. The zero-order chi connectivity index (χ0) is 26.0. The molecule has 10 heteroatoms. The molecule has 1 atom stereocenters. The highest BCUT2D eigenvalue weighted by molar-refractivity contribution is 7.92. The number of rotatable bonds is 13. The Hall–Kier alpha value is -3.27. The monoisotopic (exact) mass is 505 g/mol. The standard InChI is InChI=1S/C25H35N3O6S/c1-6-26-25(30)19(2)27(18-20-12-14-22(33-3)15-13-20)24(29)11-8-16-28(35(5,31)32)21-9-7-10-23(17-21)34-4/h7,9-10,12-15,17,19H,6,8,11,16,18H2,1-5H3,(H,26,30)/t19-/m1/s1. The van der Waals surface area contributed by atoms with Gasteiger partial charge >= 0.3 is 0 Å². The van der Waals surface area contributed by atoms with Gasteiger partial charge in [0.15, 0.2) is 0 Å². The van der Waals surface area contributed by atoms with E-state index < -0.39 is 16.1 Å². The van der Waals surface area contributed by atoms with Gasteiger partial charge in [-0.05, 0) is 50.1 Å². The summed E-state index contributed by atoms with van der Waals surface area (Å²) in [5.74, 6) is 0.748. The molecule has 2 rings (SSSR count). The van der Waals surface area contributed by atoms with Gasteiger partial charge in [0.05, 0.1) is 26.2 Å². The average Bonchev–Trinajstić information content (AvgIpc) is 2.84. The number of ether oxygens (including phenoxy) is 2. The quantitative estimate of drug-likeness (QED) is 0.449. The third kappa shape index (κ3) is 8.17. The molecule has 2 aromatic carbocycles. The molecule has 9 nitrogen and oxygen atoms in total. The summed E-state index contributed by atoms with van der Waals surface area (Å²) in [6.45, 7) is 4.32. The molecule has 0 spiro atoms. The number of anilines is 1. The molecule has 192 valence electrons. The number of hydrogen-bond acceptors (Lipinski definition) is 6. The van der Waals surface area contributed by atoms with E-state index in [1.165, 1.54) is 16.3 Å². The van der Waals surface area contributed by atoms with E-state index in [4.69, 9.17) is 9.47 Å². The van der Waals surface area contributed by atoms with E-state index in [9.17, 15) is 18.0 Å². The third-order valence-corrected chi connectivity index (χ3v) is 6.72. The summed E-state index contributed by atoms with van der Waals surface area (Å²) in [5, 5.41) is 2.76. The lowest BCUT2D eigenvalue weighted by Crippen LogP contribution is -2.47. The van der Waals surface area contributed by atoms with Crippen molar-refractivity contribution in [3.8, 4) is 11.5 Å². The van der Waals surface area contributed by atoms with Crippen molar-refractivity contribution in [2.75, 3.05) is 37.9 Å². The van der Waals surface area contributed by atoms with E-state index in [-0.39, 0.29) is 37.7 Å². The van der Waals surface area contributed by atoms with Crippen LogP contribution in [0, 0.1) is 0 Å². The Bertz CT molecular complexity index is 1090. The van der Waals surface area contributed by atoms with Crippen molar-refractivity contribution in [2.24, 2.45) is 0 Å². The number of nitrogens with zero attached hydrogens (tertiary/aromatic N) is 2. The van der Waals surface area contributed by atoms with Crippen LogP contribution < -0.4 is 19.1 Å². The Morgan fingerprint density at radius 3 is 2.26 bits per heavy atom. The molecule has 0 saturated carbocycles. The summed E-state index contributed by atoms with van der Waals surface area (Å²) in [4.78, 5) is 27.3. The second-order valence-corrected chi connectivity index (χ2v) is 9.99. The van der Waals surface area contributed by atoms with Crippen molar-refractivity contribution in [2.45, 2.75) is 39.3 Å². The number of nitrogens with one attached hydrogen (secondary N) is 1. The zero-order valence-corrected chi connectivity index (χ0v) is 21.8. The Morgan fingerprint density at radius 1 is 1.03 bits per heavy atom. The van der Waals surface area contributed by atoms with Crippen LogP contribution in [0.3, 0.4) is 0 Å². The summed E-state index contributed by atoms with van der Waals surface area (Å²) >= 11 is 0. The van der Waals surface area contributed by atoms with Gasteiger partial charge in [-0.1, -0.05) is 18.2 Å². The average molecular weight is 506 g/mol. The van der Waals surface area contributed by atoms with Crippen molar-refractivity contribution in [3.05, 3.63) is 54.1 Å². The predicted octanol–water partition coefficient (Wildman–Crippen LogP) is 2.80. The molecule has 0 saturated heterocycles. The number of hydrogen-bond donors (Lipinski definition) is 1. The molecule has 0 unspecified atom stereocenters. The fourth-order valence-corrected chi connectivity index (χ4v) is 4.56. The van der Waals surface area contributed by atoms with Gasteiger partial charge in [-0.25, -0.2) is 8.42 Å². The van der Waals surface area contributed by atoms with Crippen molar-refractivity contribution in [1.82, 2.24) is 10.2 Å². The molecule has 35 heavy (non-hydrogen) atoms. The van der Waals surface area contributed by atoms with Gasteiger partial charge in [-0.15, -0.1) is 0 Å². The summed E-state index contributed by atoms with van der Waals surface area (Å²) < 4.78 is 36.5. The van der Waals surface area contributed by atoms with Crippen molar-refractivity contribution in [3.63, 3.8) is 0 Å². The van der Waals surface area contributed by atoms with Gasteiger partial charge < -0.3 is 19.7 Å². The van der Waals surface area contributed by atoms with E-state index in [0.717, 1.165) is 11.8 Å². The zero-order valence-electron chi connectivity index (χ0n) is 21.0. The smallest absolute Gasteiger partial charge is 0.242 e. The molecular weight excluding hydrogens is 470 g/mol. The van der Waals surface area contributed by atoms with E-state index in [0.29, 0.717) is 23.7 Å². The molecule has 0 aliphatic heterocycles. The van der Waals surface area contributed by atoms with E-state index in [2.05, 4.69) is 5.32 Å². The highest BCUT2D eigenvalue weighted by Crippen LogP contribution is 2.24. The number of benzene rings is 2. The van der Waals surface area contributed by atoms with E-state index in [1.54, 1.807) is 50.4 Å². The van der Waals surface area contributed by atoms with Crippen LogP contribution in [0.15, 0.2) is 48.5 Å². The molecular formula is C25H35N3O6S. The summed E-state index contributed by atoms with van der Waals surface area (Å²) in [6, 6.07) is 13.4. The van der Waals surface area contributed by atoms with Crippen LogP contribution in [-0.4, -0.2) is 64.7 Å². The van der Waals surface area contributed by atoms with Gasteiger partial charge in [0.1, 0.15) is 17.5 Å². The number of amides is 2. The number of carbonyl (C=O) groups is 2. The summed E-state index contributed by atoms with van der Waals surface area (Å²) in [6.07, 6.45) is 1.49. The van der Waals surface area contributed by atoms with Gasteiger partial charge in [-0.3, -0.25) is 13.9 Å². The minimum Gasteiger partial charge on any atom is -0.497 e. The normalized spacial score (nSPS) is 11.9. The molecule has 1 N–H and O–H groups in total. The van der Waals surface area contributed by atoms with Crippen LogP contribution in [-0.2, 0) is 26.2 Å². The van der Waals surface area contributed by atoms with Gasteiger partial charge in [-0.2, -0.15) is 0 Å². The van der Waals surface area contributed by atoms with Gasteiger partial charge in [0, 0.05) is 32.1 Å². The lowest BCUT2D eigenvalue weighted by atomic mass is 10.1. The molecule has 0 radical (unpaired) electrons. The number of methoxy groups -OCH3 is 2. The largest absolute Gasteiger partial charge is 0.497 e. The predicted molar refractivity (Wildman–Crippen MR) is 136 cm³/mol. The Kier molecular flexibility index (Phi) is 10.4. The van der Waals surface area contributed by atoms with Crippen LogP contribution in [0.1, 0.15) is 32.3 Å². The van der Waals surface area contributed by atoms with Crippen molar-refractivity contribution >= 4 is 27.5 Å². The van der Waals surface area contributed by atoms with Crippen LogP contribution in [0.5, 0.6) is 11.5 Å². The molecule has 0 aliphatic rings. The fraction of sp³-hybridized carbons (Fsp3) is 0.440. The second-order valence-electron chi connectivity index (χ2n) is 8.08. The van der Waals surface area contributed by atoms with Crippen LogP contribution in [0.2, 0.25) is 0 Å². The maximum Gasteiger partial charge on any atom is 0.242 e. The molecule has 0 bridgehead atoms. The molecule has 0 aliphatic carbocycles. The summed E-state index contributed by atoms with van der Waals surface area (Å²) in [5.41, 5.74) is 1.31. The first-order valence-electron chi connectivity index (χ1n) is 11.4. The number of sulfonamides is 1. The third-order valence-electron chi connectivity index (χ3n) is 5.52. The van der Waals surface area contributed by atoms with Gasteiger partial charge in [0.25, 0.3) is 0 Å². The molecule has 2 amide bonds. The first-order valence-corrected chi connectivity index (χ1v) is 13.3. The lowest BCUT2D eigenvalue weighted by Gasteiger charge is -2.29. The topological polar surface area (TPSA) is 105 Å². The highest BCUT2D eigenvalue weighted by Gasteiger charge is 2.26. The minimum absolute atomic E-state index is 0.0793. The maximum atomic E-state index is 13.2. The first kappa shape index (κ1) is 28.0.